The lowest BCUT2D eigenvalue weighted by Gasteiger charge is -2.34. The third-order valence-corrected chi connectivity index (χ3v) is 3.50. The van der Waals surface area contributed by atoms with Crippen LogP contribution in [0.1, 0.15) is 19.8 Å². The summed E-state index contributed by atoms with van der Waals surface area (Å²) in [6.07, 6.45) is 5.66. The third kappa shape index (κ3) is 3.54. The van der Waals surface area contributed by atoms with Gasteiger partial charge in [0.2, 0.25) is 0 Å². The molecule has 5 nitrogen and oxygen atoms in total. The normalized spacial score (nSPS) is 26.3. The van der Waals surface area contributed by atoms with Crippen LogP contribution < -0.4 is 0 Å². The Labute approximate surface area is 109 Å². The molecule has 6 heteroatoms. The summed E-state index contributed by atoms with van der Waals surface area (Å²) in [5.74, 6) is -1.07. The Bertz CT molecular complexity index is 428. The molecule has 0 aliphatic carbocycles. The molecule has 0 bridgehead atoms. The van der Waals surface area contributed by atoms with E-state index in [-0.39, 0.29) is 18.9 Å². The zero-order valence-electron chi connectivity index (χ0n) is 10.2. The second kappa shape index (κ2) is 6.51. The zero-order valence-corrected chi connectivity index (χ0v) is 11.0. The number of nitrogens with zero attached hydrogens (tertiary/aromatic N) is 1. The van der Waals surface area contributed by atoms with Crippen molar-refractivity contribution in [2.24, 2.45) is 5.92 Å². The van der Waals surface area contributed by atoms with Gasteiger partial charge in [-0.2, -0.15) is 0 Å². The molecule has 0 spiro atoms. The Hall–Kier alpha value is -1.40. The van der Waals surface area contributed by atoms with Gasteiger partial charge in [-0.05, 0) is 24.8 Å². The lowest BCUT2D eigenvalue weighted by atomic mass is 9.90. The monoisotopic (exact) mass is 271 g/mol. The fourth-order valence-corrected chi connectivity index (χ4v) is 2.86. The largest absolute Gasteiger partial charge is 0.481 e. The number of carboxylic acid groups (broad SMARTS) is 1. The summed E-state index contributed by atoms with van der Waals surface area (Å²) in [5.41, 5.74) is 1.50. The summed E-state index contributed by atoms with van der Waals surface area (Å²) in [6, 6.07) is 0. The highest BCUT2D eigenvalue weighted by Gasteiger charge is 2.30. The summed E-state index contributed by atoms with van der Waals surface area (Å²) in [7, 11) is 0. The van der Waals surface area contributed by atoms with Gasteiger partial charge in [0.25, 0.3) is 11.3 Å². The fourth-order valence-electron chi connectivity index (χ4n) is 2.13. The van der Waals surface area contributed by atoms with E-state index >= 15 is 0 Å². The van der Waals surface area contributed by atoms with Crippen molar-refractivity contribution in [2.45, 2.75) is 19.8 Å². The molecule has 18 heavy (non-hydrogen) atoms. The molecule has 1 aliphatic heterocycles. The van der Waals surface area contributed by atoms with E-state index in [0.717, 1.165) is 5.57 Å². The number of allylic oxidation sites excluding steroid dienone is 4. The van der Waals surface area contributed by atoms with Gasteiger partial charge in [0, 0.05) is 6.54 Å². The van der Waals surface area contributed by atoms with Gasteiger partial charge in [-0.15, -0.1) is 0 Å². The molecule has 0 aromatic carbocycles. The maximum absolute atomic E-state index is 11.3. The lowest BCUT2D eigenvalue weighted by molar-refractivity contribution is -0.138. The number of hydrogen-bond acceptors (Lipinski definition) is 2. The second-order valence-corrected chi connectivity index (χ2v) is 4.96. The van der Waals surface area contributed by atoms with E-state index in [0.29, 0.717) is 12.1 Å². The molecular formula is C12H17NO4S. The van der Waals surface area contributed by atoms with Crippen molar-refractivity contribution in [3.63, 3.8) is 0 Å². The zero-order chi connectivity index (χ0) is 13.7. The van der Waals surface area contributed by atoms with Crippen molar-refractivity contribution in [3.8, 4) is 0 Å². The predicted octanol–water partition coefficient (Wildman–Crippen LogP) is 1.94. The van der Waals surface area contributed by atoms with Gasteiger partial charge in [-0.3, -0.25) is 13.7 Å². The van der Waals surface area contributed by atoms with Crippen LogP contribution in [0.4, 0.5) is 0 Å². The van der Waals surface area contributed by atoms with E-state index in [4.69, 9.17) is 5.11 Å². The van der Waals surface area contributed by atoms with Crippen molar-refractivity contribution in [2.75, 3.05) is 6.54 Å². The minimum absolute atomic E-state index is 0.0147. The van der Waals surface area contributed by atoms with Crippen LogP contribution in [0, 0.1) is 5.92 Å². The number of hydrogen-bond donors (Lipinski definition) is 2. The molecule has 0 radical (unpaired) electrons. The van der Waals surface area contributed by atoms with Gasteiger partial charge in [-0.25, -0.2) is 4.21 Å². The number of carboxylic acids is 1. The van der Waals surface area contributed by atoms with Crippen LogP contribution >= 0.6 is 0 Å². The molecule has 1 rings (SSSR count). The summed E-state index contributed by atoms with van der Waals surface area (Å²) < 4.78 is 21.9. The molecule has 2 atom stereocenters. The fraction of sp³-hybridized carbons (Fsp3) is 0.417. The average molecular weight is 271 g/mol. The van der Waals surface area contributed by atoms with E-state index < -0.39 is 17.2 Å². The van der Waals surface area contributed by atoms with Gasteiger partial charge in [0.1, 0.15) is 0 Å². The molecule has 0 aromatic heterocycles. The first kappa shape index (κ1) is 14.7. The molecule has 100 valence electrons. The maximum Gasteiger partial charge on any atom is 0.303 e. The first-order chi connectivity index (χ1) is 8.49. The highest BCUT2D eigenvalue weighted by molar-refractivity contribution is 7.76. The average Bonchev–Trinajstić information content (AvgIpc) is 2.27. The van der Waals surface area contributed by atoms with Gasteiger partial charge in [0.05, 0.1) is 12.1 Å². The molecule has 0 saturated carbocycles. The minimum Gasteiger partial charge on any atom is -0.481 e. The van der Waals surface area contributed by atoms with Crippen molar-refractivity contribution in [1.29, 1.82) is 0 Å². The van der Waals surface area contributed by atoms with Crippen LogP contribution in [-0.2, 0) is 16.1 Å². The molecule has 2 N–H and O–H groups in total. The Balaban J connectivity index is 3.03. The maximum atomic E-state index is 11.3. The smallest absolute Gasteiger partial charge is 0.303 e. The number of carbonyl (C=O) groups is 1. The number of piperidine rings is 1. The molecule has 1 aliphatic rings. The van der Waals surface area contributed by atoms with Crippen LogP contribution in [-0.4, -0.2) is 30.7 Å². The van der Waals surface area contributed by atoms with E-state index in [2.05, 4.69) is 6.58 Å². The van der Waals surface area contributed by atoms with Crippen molar-refractivity contribution in [3.05, 3.63) is 36.1 Å². The Morgan fingerprint density at radius 2 is 2.33 bits per heavy atom. The molecule has 1 saturated heterocycles. The Kier molecular flexibility index (Phi) is 5.30. The van der Waals surface area contributed by atoms with Crippen molar-refractivity contribution >= 4 is 17.2 Å². The molecule has 1 fully saturated rings. The quantitative estimate of drug-likeness (QED) is 0.766. The minimum atomic E-state index is -2.14. The number of aliphatic carboxylic acids is 1. The Morgan fingerprint density at radius 3 is 2.78 bits per heavy atom. The topological polar surface area (TPSA) is 77.8 Å². The van der Waals surface area contributed by atoms with Gasteiger partial charge >= 0.3 is 5.97 Å². The molecular weight excluding hydrogens is 254 g/mol. The van der Waals surface area contributed by atoms with E-state index in [1.54, 1.807) is 25.2 Å². The van der Waals surface area contributed by atoms with Crippen LogP contribution in [0.25, 0.3) is 0 Å². The standard InChI is InChI=1S/C12H17NO4S/c1-3-5-10-6-9(7-12(14)15)8-13(18(16)17)11(10)4-2/h3-5,9H,1,6-8H2,2H3,(H,14,15)(H,16,17)/b10-5-,11-4+/t9-/m0/s1. The van der Waals surface area contributed by atoms with Crippen LogP contribution in [0.3, 0.4) is 0 Å². The summed E-state index contributed by atoms with van der Waals surface area (Å²) in [4.78, 5) is 10.7. The highest BCUT2D eigenvalue weighted by atomic mass is 32.2. The Morgan fingerprint density at radius 1 is 1.67 bits per heavy atom. The van der Waals surface area contributed by atoms with E-state index in [1.807, 2.05) is 0 Å². The molecule has 0 amide bonds. The molecule has 1 heterocycles. The lowest BCUT2D eigenvalue weighted by Crippen LogP contribution is -2.37. The summed E-state index contributed by atoms with van der Waals surface area (Å²) in [5, 5.41) is 8.82. The SMILES string of the molecule is C=C/C=C1/C[C@@H](CC(=O)O)CN(S(=O)O)/C1=C/C. The third-order valence-electron chi connectivity index (χ3n) is 2.77. The highest BCUT2D eigenvalue weighted by Crippen LogP contribution is 2.32. The van der Waals surface area contributed by atoms with E-state index in [9.17, 15) is 13.6 Å². The van der Waals surface area contributed by atoms with Gasteiger partial charge in [0.15, 0.2) is 0 Å². The predicted molar refractivity (Wildman–Crippen MR) is 69.9 cm³/mol. The van der Waals surface area contributed by atoms with Crippen molar-refractivity contribution in [1.82, 2.24) is 4.31 Å². The van der Waals surface area contributed by atoms with Crippen LogP contribution in [0.5, 0.6) is 0 Å². The first-order valence-corrected chi connectivity index (χ1v) is 6.64. The van der Waals surface area contributed by atoms with Crippen LogP contribution in [0.2, 0.25) is 0 Å². The first-order valence-electron chi connectivity index (χ1n) is 5.58. The van der Waals surface area contributed by atoms with Crippen LogP contribution in [0.15, 0.2) is 36.1 Å². The van der Waals surface area contributed by atoms with Gasteiger partial charge in [-0.1, -0.05) is 24.8 Å². The number of rotatable bonds is 4. The summed E-state index contributed by atoms with van der Waals surface area (Å²) in [6.45, 7) is 5.65. The summed E-state index contributed by atoms with van der Waals surface area (Å²) >= 11 is -2.14. The van der Waals surface area contributed by atoms with Crippen molar-refractivity contribution < 1.29 is 18.7 Å². The molecule has 1 unspecified atom stereocenters. The second-order valence-electron chi connectivity index (χ2n) is 4.06. The van der Waals surface area contributed by atoms with E-state index in [1.165, 1.54) is 4.31 Å². The molecule has 0 aromatic rings. The van der Waals surface area contributed by atoms with Gasteiger partial charge < -0.3 is 5.11 Å².